The molecule has 0 aliphatic carbocycles. The largest absolute Gasteiger partial charge is 0.352 e. The van der Waals surface area contributed by atoms with Crippen LogP contribution in [0.15, 0.2) is 45.6 Å². The highest BCUT2D eigenvalue weighted by Gasteiger charge is 2.27. The molecule has 2 N–H and O–H groups in total. The Morgan fingerprint density at radius 1 is 1.07 bits per heavy atom. The van der Waals surface area contributed by atoms with Gasteiger partial charge in [0.05, 0.1) is 6.54 Å². The van der Waals surface area contributed by atoms with E-state index in [1.165, 1.54) is 22.5 Å². The molecule has 0 amide bonds. The van der Waals surface area contributed by atoms with Gasteiger partial charge >= 0.3 is 0 Å². The first-order valence-electron chi connectivity index (χ1n) is 9.58. The molecule has 3 rings (SSSR count). The van der Waals surface area contributed by atoms with Crippen molar-refractivity contribution in [1.82, 2.24) is 14.9 Å². The molecule has 6 nitrogen and oxygen atoms in total. The molecule has 1 fully saturated rings. The average molecular weight is 421 g/mol. The SMILES string of the molecule is CN=C(NCc1ccc(S(=O)(=O)N2CCCCC2)s1)NCc1ccccc1C. The molecule has 2 heterocycles. The van der Waals surface area contributed by atoms with Gasteiger partial charge in [-0.05, 0) is 43.0 Å². The van der Waals surface area contributed by atoms with Gasteiger partial charge in [0.1, 0.15) is 4.21 Å². The normalized spacial score (nSPS) is 16.1. The van der Waals surface area contributed by atoms with E-state index in [9.17, 15) is 8.42 Å². The minimum absolute atomic E-state index is 0.425. The molecule has 1 aliphatic heterocycles. The number of piperidine rings is 1. The third kappa shape index (κ3) is 5.12. The highest BCUT2D eigenvalue weighted by atomic mass is 32.2. The second-order valence-corrected chi connectivity index (χ2v) is 10.2. The van der Waals surface area contributed by atoms with Crippen molar-refractivity contribution in [2.45, 2.75) is 43.5 Å². The first-order chi connectivity index (χ1) is 13.5. The molecule has 0 bridgehead atoms. The molecule has 0 atom stereocenters. The van der Waals surface area contributed by atoms with Gasteiger partial charge in [-0.25, -0.2) is 8.42 Å². The van der Waals surface area contributed by atoms with Gasteiger partial charge < -0.3 is 10.6 Å². The van der Waals surface area contributed by atoms with E-state index in [2.05, 4.69) is 34.7 Å². The number of nitrogens with one attached hydrogen (secondary N) is 2. The van der Waals surface area contributed by atoms with Crippen LogP contribution in [0.1, 0.15) is 35.3 Å². The molecule has 0 radical (unpaired) electrons. The maximum Gasteiger partial charge on any atom is 0.252 e. The van der Waals surface area contributed by atoms with Crippen molar-refractivity contribution in [3.63, 3.8) is 0 Å². The first kappa shape index (κ1) is 20.8. The van der Waals surface area contributed by atoms with Crippen LogP contribution in [0, 0.1) is 6.92 Å². The van der Waals surface area contributed by atoms with Crippen molar-refractivity contribution in [3.8, 4) is 0 Å². The fraction of sp³-hybridized carbons (Fsp3) is 0.450. The van der Waals surface area contributed by atoms with Gasteiger partial charge in [0, 0.05) is 31.6 Å². The Morgan fingerprint density at radius 3 is 2.50 bits per heavy atom. The summed E-state index contributed by atoms with van der Waals surface area (Å²) in [6, 6.07) is 11.8. The summed E-state index contributed by atoms with van der Waals surface area (Å²) >= 11 is 1.33. The lowest BCUT2D eigenvalue weighted by molar-refractivity contribution is 0.347. The molecule has 1 aliphatic rings. The lowest BCUT2D eigenvalue weighted by Crippen LogP contribution is -2.36. The van der Waals surface area contributed by atoms with Gasteiger partial charge in [-0.3, -0.25) is 4.99 Å². The molecule has 28 heavy (non-hydrogen) atoms. The van der Waals surface area contributed by atoms with Crippen molar-refractivity contribution < 1.29 is 8.42 Å². The highest BCUT2D eigenvalue weighted by Crippen LogP contribution is 2.27. The van der Waals surface area contributed by atoms with Crippen LogP contribution in [-0.4, -0.2) is 38.8 Å². The average Bonchev–Trinajstić information content (AvgIpc) is 3.20. The number of rotatable bonds is 6. The second kappa shape index (κ2) is 9.54. The molecule has 2 aromatic rings. The molecule has 0 spiro atoms. The van der Waals surface area contributed by atoms with Gasteiger partial charge in [-0.15, -0.1) is 11.3 Å². The number of hydrogen-bond donors (Lipinski definition) is 2. The molecular weight excluding hydrogens is 392 g/mol. The fourth-order valence-electron chi connectivity index (χ4n) is 3.20. The van der Waals surface area contributed by atoms with Crippen LogP contribution in [-0.2, 0) is 23.1 Å². The Labute approximate surface area is 171 Å². The number of benzene rings is 1. The summed E-state index contributed by atoms with van der Waals surface area (Å²) in [6.45, 7) is 4.56. The van der Waals surface area contributed by atoms with Crippen LogP contribution in [0.3, 0.4) is 0 Å². The first-order valence-corrected chi connectivity index (χ1v) is 11.8. The van der Waals surface area contributed by atoms with Crippen molar-refractivity contribution in [3.05, 3.63) is 52.4 Å². The highest BCUT2D eigenvalue weighted by molar-refractivity contribution is 7.91. The Hall–Kier alpha value is -1.90. The van der Waals surface area contributed by atoms with Crippen molar-refractivity contribution >= 4 is 27.3 Å². The van der Waals surface area contributed by atoms with Crippen LogP contribution >= 0.6 is 11.3 Å². The lowest BCUT2D eigenvalue weighted by Gasteiger charge is -2.25. The van der Waals surface area contributed by atoms with Crippen molar-refractivity contribution in [2.24, 2.45) is 4.99 Å². The number of aliphatic imine (C=N–C) groups is 1. The maximum absolute atomic E-state index is 12.8. The van der Waals surface area contributed by atoms with E-state index >= 15 is 0 Å². The summed E-state index contributed by atoms with van der Waals surface area (Å²) in [5.41, 5.74) is 2.45. The van der Waals surface area contributed by atoms with E-state index in [0.29, 0.717) is 36.3 Å². The minimum Gasteiger partial charge on any atom is -0.352 e. The van der Waals surface area contributed by atoms with Crippen LogP contribution in [0.5, 0.6) is 0 Å². The zero-order valence-electron chi connectivity index (χ0n) is 16.4. The molecular formula is C20H28N4O2S2. The van der Waals surface area contributed by atoms with Gasteiger partial charge in [0.2, 0.25) is 0 Å². The summed E-state index contributed by atoms with van der Waals surface area (Å²) in [5, 5.41) is 6.56. The smallest absolute Gasteiger partial charge is 0.252 e. The molecule has 0 saturated carbocycles. The molecule has 1 aromatic heterocycles. The fourth-order valence-corrected chi connectivity index (χ4v) is 6.17. The van der Waals surface area contributed by atoms with Gasteiger partial charge in [0.15, 0.2) is 5.96 Å². The lowest BCUT2D eigenvalue weighted by atomic mass is 10.1. The Bertz CT molecular complexity index is 916. The maximum atomic E-state index is 12.8. The third-order valence-corrected chi connectivity index (χ3v) is 8.36. The van der Waals surface area contributed by atoms with Gasteiger partial charge in [-0.2, -0.15) is 4.31 Å². The van der Waals surface area contributed by atoms with Gasteiger partial charge in [-0.1, -0.05) is 30.7 Å². The Balaban J connectivity index is 1.56. The summed E-state index contributed by atoms with van der Waals surface area (Å²) in [6.07, 6.45) is 3.00. The summed E-state index contributed by atoms with van der Waals surface area (Å²) in [4.78, 5) is 5.22. The van der Waals surface area contributed by atoms with Crippen LogP contribution < -0.4 is 10.6 Å². The summed E-state index contributed by atoms with van der Waals surface area (Å²) in [5.74, 6) is 0.692. The zero-order chi connectivity index (χ0) is 20.0. The monoisotopic (exact) mass is 420 g/mol. The number of hydrogen-bond acceptors (Lipinski definition) is 4. The predicted octanol–water partition coefficient (Wildman–Crippen LogP) is 3.10. The van der Waals surface area contributed by atoms with E-state index in [1.54, 1.807) is 17.4 Å². The van der Waals surface area contributed by atoms with Crippen LogP contribution in [0.25, 0.3) is 0 Å². The second-order valence-electron chi connectivity index (χ2n) is 6.89. The number of nitrogens with zero attached hydrogens (tertiary/aromatic N) is 2. The zero-order valence-corrected chi connectivity index (χ0v) is 18.1. The molecule has 1 aromatic carbocycles. The van der Waals surface area contributed by atoms with Crippen LogP contribution in [0.2, 0.25) is 0 Å². The van der Waals surface area contributed by atoms with E-state index in [4.69, 9.17) is 0 Å². The van der Waals surface area contributed by atoms with E-state index in [1.807, 2.05) is 18.2 Å². The molecule has 8 heteroatoms. The van der Waals surface area contributed by atoms with Gasteiger partial charge in [0.25, 0.3) is 10.0 Å². The number of aryl methyl sites for hydroxylation is 1. The summed E-state index contributed by atoms with van der Waals surface area (Å²) in [7, 11) is -1.63. The number of thiophene rings is 1. The number of guanidine groups is 1. The van der Waals surface area contributed by atoms with E-state index in [0.717, 1.165) is 24.1 Å². The Kier molecular flexibility index (Phi) is 7.09. The quantitative estimate of drug-likeness (QED) is 0.556. The molecule has 1 saturated heterocycles. The molecule has 152 valence electrons. The Morgan fingerprint density at radius 2 is 1.79 bits per heavy atom. The predicted molar refractivity (Wildman–Crippen MR) is 115 cm³/mol. The topological polar surface area (TPSA) is 73.8 Å². The van der Waals surface area contributed by atoms with E-state index < -0.39 is 10.0 Å². The number of sulfonamides is 1. The third-order valence-electron chi connectivity index (χ3n) is 4.91. The van der Waals surface area contributed by atoms with E-state index in [-0.39, 0.29) is 0 Å². The van der Waals surface area contributed by atoms with Crippen LogP contribution in [0.4, 0.5) is 0 Å². The van der Waals surface area contributed by atoms with Crippen molar-refractivity contribution in [1.29, 1.82) is 0 Å². The summed E-state index contributed by atoms with van der Waals surface area (Å²) < 4.78 is 27.6. The molecule has 0 unspecified atom stereocenters. The standard InChI is InChI=1S/C20H28N4O2S2/c1-16-8-4-5-9-17(16)14-22-20(21-2)23-15-18-10-11-19(27-18)28(25,26)24-12-6-3-7-13-24/h4-5,8-11H,3,6-7,12-15H2,1-2H3,(H2,21,22,23). The minimum atomic E-state index is -3.36. The van der Waals surface area contributed by atoms with Crippen molar-refractivity contribution in [2.75, 3.05) is 20.1 Å².